The summed E-state index contributed by atoms with van der Waals surface area (Å²) in [6, 6.07) is 14.9. The van der Waals surface area contributed by atoms with Crippen molar-refractivity contribution in [2.75, 3.05) is 11.9 Å². The number of oxazole rings is 1. The molecular weight excluding hydrogens is 300 g/mol. The predicted molar refractivity (Wildman–Crippen MR) is 95.1 cm³/mol. The number of nitrogens with zero attached hydrogens (tertiary/aromatic N) is 4. The SMILES string of the molecule is Cc1nc2c(N(C)[C@H](C)c3cccc4ccccc34)ncnc2o1. The van der Waals surface area contributed by atoms with Crippen LogP contribution in [-0.2, 0) is 0 Å². The molecule has 0 N–H and O–H groups in total. The molecule has 2 aromatic carbocycles. The molecule has 0 aliphatic rings. The van der Waals surface area contributed by atoms with Crippen molar-refractivity contribution < 1.29 is 4.42 Å². The van der Waals surface area contributed by atoms with E-state index in [1.54, 1.807) is 0 Å². The van der Waals surface area contributed by atoms with Crippen LogP contribution in [0.2, 0.25) is 0 Å². The highest BCUT2D eigenvalue weighted by molar-refractivity contribution is 5.87. The van der Waals surface area contributed by atoms with Gasteiger partial charge in [-0.15, -0.1) is 0 Å². The van der Waals surface area contributed by atoms with Crippen molar-refractivity contribution in [1.82, 2.24) is 15.0 Å². The number of aromatic nitrogens is 3. The number of hydrogen-bond donors (Lipinski definition) is 0. The van der Waals surface area contributed by atoms with Crippen LogP contribution < -0.4 is 4.90 Å². The van der Waals surface area contributed by atoms with Gasteiger partial charge in [-0.2, -0.15) is 4.98 Å². The van der Waals surface area contributed by atoms with Gasteiger partial charge in [-0.25, -0.2) is 9.97 Å². The minimum Gasteiger partial charge on any atom is -0.422 e. The second-order valence-corrected chi connectivity index (χ2v) is 5.94. The van der Waals surface area contributed by atoms with E-state index < -0.39 is 0 Å². The van der Waals surface area contributed by atoms with Crippen LogP contribution in [0.25, 0.3) is 22.0 Å². The van der Waals surface area contributed by atoms with Gasteiger partial charge in [-0.1, -0.05) is 42.5 Å². The molecular formula is C19H18N4O. The Hall–Kier alpha value is -2.95. The fourth-order valence-corrected chi connectivity index (χ4v) is 3.11. The van der Waals surface area contributed by atoms with E-state index >= 15 is 0 Å². The van der Waals surface area contributed by atoms with E-state index in [0.29, 0.717) is 17.1 Å². The number of anilines is 1. The summed E-state index contributed by atoms with van der Waals surface area (Å²) in [4.78, 5) is 15.2. The molecule has 24 heavy (non-hydrogen) atoms. The fraction of sp³-hybridized carbons (Fsp3) is 0.211. The molecule has 120 valence electrons. The number of benzene rings is 2. The molecule has 4 aromatic rings. The largest absolute Gasteiger partial charge is 0.422 e. The summed E-state index contributed by atoms with van der Waals surface area (Å²) >= 11 is 0. The Morgan fingerprint density at radius 1 is 1.04 bits per heavy atom. The van der Waals surface area contributed by atoms with Crippen LogP contribution in [0.3, 0.4) is 0 Å². The van der Waals surface area contributed by atoms with Crippen LogP contribution in [0.1, 0.15) is 24.4 Å². The second kappa shape index (κ2) is 5.60. The second-order valence-electron chi connectivity index (χ2n) is 5.94. The fourth-order valence-electron chi connectivity index (χ4n) is 3.11. The molecule has 4 rings (SSSR count). The summed E-state index contributed by atoms with van der Waals surface area (Å²) in [6.45, 7) is 3.99. The lowest BCUT2D eigenvalue weighted by atomic mass is 9.99. The summed E-state index contributed by atoms with van der Waals surface area (Å²) in [5.74, 6) is 1.37. The minimum atomic E-state index is 0.131. The van der Waals surface area contributed by atoms with E-state index in [1.165, 1.54) is 22.7 Å². The molecule has 0 bridgehead atoms. The van der Waals surface area contributed by atoms with Crippen molar-refractivity contribution in [2.45, 2.75) is 19.9 Å². The third-order valence-electron chi connectivity index (χ3n) is 4.47. The average Bonchev–Trinajstić information content (AvgIpc) is 3.00. The van der Waals surface area contributed by atoms with Gasteiger partial charge in [0.05, 0.1) is 6.04 Å². The van der Waals surface area contributed by atoms with E-state index in [4.69, 9.17) is 4.42 Å². The summed E-state index contributed by atoms with van der Waals surface area (Å²) < 4.78 is 5.53. The van der Waals surface area contributed by atoms with Gasteiger partial charge in [-0.05, 0) is 23.3 Å². The Labute approximate surface area is 140 Å². The highest BCUT2D eigenvalue weighted by atomic mass is 16.4. The minimum absolute atomic E-state index is 0.131. The molecule has 2 aromatic heterocycles. The number of rotatable bonds is 3. The van der Waals surface area contributed by atoms with Gasteiger partial charge >= 0.3 is 0 Å². The highest BCUT2D eigenvalue weighted by Gasteiger charge is 2.20. The van der Waals surface area contributed by atoms with Crippen molar-refractivity contribution in [1.29, 1.82) is 0 Å². The molecule has 0 spiro atoms. The Kier molecular flexibility index (Phi) is 3.41. The third kappa shape index (κ3) is 2.29. The van der Waals surface area contributed by atoms with Gasteiger partial charge in [0, 0.05) is 14.0 Å². The van der Waals surface area contributed by atoms with Crippen molar-refractivity contribution >= 4 is 27.8 Å². The maximum absolute atomic E-state index is 5.53. The number of aryl methyl sites for hydroxylation is 1. The highest BCUT2D eigenvalue weighted by Crippen LogP contribution is 2.32. The van der Waals surface area contributed by atoms with Gasteiger partial charge in [0.2, 0.25) is 0 Å². The quantitative estimate of drug-likeness (QED) is 0.564. The smallest absolute Gasteiger partial charge is 0.252 e. The first-order chi connectivity index (χ1) is 11.6. The normalized spacial score (nSPS) is 12.6. The van der Waals surface area contributed by atoms with Crippen LogP contribution >= 0.6 is 0 Å². The van der Waals surface area contributed by atoms with Gasteiger partial charge in [0.25, 0.3) is 5.71 Å². The molecule has 0 amide bonds. The molecule has 0 aliphatic heterocycles. The summed E-state index contributed by atoms with van der Waals surface area (Å²) in [5.41, 5.74) is 2.47. The van der Waals surface area contributed by atoms with Crippen molar-refractivity contribution in [3.8, 4) is 0 Å². The molecule has 2 heterocycles. The molecule has 0 saturated carbocycles. The lowest BCUT2D eigenvalue weighted by Gasteiger charge is -2.27. The molecule has 0 fully saturated rings. The van der Waals surface area contributed by atoms with Crippen molar-refractivity contribution in [2.24, 2.45) is 0 Å². The molecule has 5 nitrogen and oxygen atoms in total. The maximum atomic E-state index is 5.53. The Morgan fingerprint density at radius 3 is 2.71 bits per heavy atom. The first kappa shape index (κ1) is 14.6. The molecule has 0 unspecified atom stereocenters. The molecule has 0 saturated heterocycles. The summed E-state index contributed by atoms with van der Waals surface area (Å²) in [7, 11) is 2.03. The van der Waals surface area contributed by atoms with E-state index in [-0.39, 0.29) is 6.04 Å². The van der Waals surface area contributed by atoms with E-state index in [0.717, 1.165) is 5.82 Å². The predicted octanol–water partition coefficient (Wildman–Crippen LogP) is 4.28. The topological polar surface area (TPSA) is 55.1 Å². The van der Waals surface area contributed by atoms with E-state index in [9.17, 15) is 0 Å². The Bertz CT molecular complexity index is 1020. The van der Waals surface area contributed by atoms with Crippen LogP contribution in [0.5, 0.6) is 0 Å². The zero-order chi connectivity index (χ0) is 16.7. The molecule has 0 radical (unpaired) electrons. The average molecular weight is 318 g/mol. The molecule has 0 aliphatic carbocycles. The van der Waals surface area contributed by atoms with Gasteiger partial charge < -0.3 is 9.32 Å². The molecule has 1 atom stereocenters. The lowest BCUT2D eigenvalue weighted by molar-refractivity contribution is 0.551. The van der Waals surface area contributed by atoms with Gasteiger partial charge in [-0.3, -0.25) is 0 Å². The number of fused-ring (bicyclic) bond motifs is 2. The van der Waals surface area contributed by atoms with Gasteiger partial charge in [0.15, 0.2) is 17.2 Å². The summed E-state index contributed by atoms with van der Waals surface area (Å²) in [5, 5.41) is 2.49. The van der Waals surface area contributed by atoms with Crippen LogP contribution in [0.4, 0.5) is 5.82 Å². The zero-order valence-corrected chi connectivity index (χ0v) is 13.9. The van der Waals surface area contributed by atoms with Crippen LogP contribution in [0, 0.1) is 6.92 Å². The van der Waals surface area contributed by atoms with Crippen LogP contribution in [-0.4, -0.2) is 22.0 Å². The third-order valence-corrected chi connectivity index (χ3v) is 4.47. The van der Waals surface area contributed by atoms with Gasteiger partial charge in [0.1, 0.15) is 6.33 Å². The standard InChI is InChI=1S/C19H18N4O/c1-12(15-10-6-8-14-7-4-5-9-16(14)15)23(3)18-17-19(21-11-20-18)24-13(2)22-17/h4-12H,1-3H3/t12-/m1/s1. The first-order valence-electron chi connectivity index (χ1n) is 7.94. The monoisotopic (exact) mass is 318 g/mol. The van der Waals surface area contributed by atoms with Crippen LogP contribution in [0.15, 0.2) is 53.2 Å². The summed E-state index contributed by atoms with van der Waals surface area (Å²) in [6.07, 6.45) is 1.52. The van der Waals surface area contributed by atoms with Crippen molar-refractivity contribution in [3.05, 3.63) is 60.2 Å². The molecule has 5 heteroatoms. The maximum Gasteiger partial charge on any atom is 0.252 e. The Morgan fingerprint density at radius 2 is 1.83 bits per heavy atom. The van der Waals surface area contributed by atoms with Crippen molar-refractivity contribution in [3.63, 3.8) is 0 Å². The van der Waals surface area contributed by atoms with E-state index in [1.807, 2.05) is 14.0 Å². The zero-order valence-electron chi connectivity index (χ0n) is 13.9. The lowest BCUT2D eigenvalue weighted by Crippen LogP contribution is -2.23. The first-order valence-corrected chi connectivity index (χ1v) is 7.94. The Balaban J connectivity index is 1.82. The van der Waals surface area contributed by atoms with E-state index in [2.05, 4.69) is 69.2 Å². The number of hydrogen-bond acceptors (Lipinski definition) is 5.